The Labute approximate surface area is 266 Å². The quantitative estimate of drug-likeness (QED) is 0.213. The van der Waals surface area contributed by atoms with E-state index in [2.05, 4.69) is 10.6 Å². The van der Waals surface area contributed by atoms with Gasteiger partial charge in [-0.1, -0.05) is 64.9 Å². The van der Waals surface area contributed by atoms with Crippen LogP contribution in [0.5, 0.6) is 0 Å². The molecule has 45 heavy (non-hydrogen) atoms. The van der Waals surface area contributed by atoms with E-state index < -0.39 is 48.3 Å². The van der Waals surface area contributed by atoms with Crippen LogP contribution in [0, 0.1) is 0 Å². The average Bonchev–Trinajstić information content (AvgIpc) is 3.25. The van der Waals surface area contributed by atoms with Crippen LogP contribution in [0.3, 0.4) is 0 Å². The SMILES string of the molecule is C[C@H](CC(=O)N(CC(=O)O)Cc1ccccc1)SS[C@@H](C)COC(=O)Nc1cccc2c1C(=O)N(C1CCC(=O)NC1=O)C2=O. The molecular formula is C30H32N4O9S2. The molecule has 1 fully saturated rings. The Bertz CT molecular complexity index is 1500. The van der Waals surface area contributed by atoms with Gasteiger partial charge in [-0.3, -0.25) is 44.3 Å². The fourth-order valence-electron chi connectivity index (χ4n) is 4.78. The zero-order chi connectivity index (χ0) is 32.7. The Morgan fingerprint density at radius 2 is 1.73 bits per heavy atom. The van der Waals surface area contributed by atoms with Crippen LogP contribution in [0.2, 0.25) is 0 Å². The maximum atomic E-state index is 13.2. The van der Waals surface area contributed by atoms with Crippen molar-refractivity contribution in [1.82, 2.24) is 15.1 Å². The Morgan fingerprint density at radius 1 is 1.02 bits per heavy atom. The predicted molar refractivity (Wildman–Crippen MR) is 166 cm³/mol. The first-order chi connectivity index (χ1) is 21.4. The number of rotatable bonds is 13. The fraction of sp³-hybridized carbons (Fsp3) is 0.367. The molecule has 238 valence electrons. The van der Waals surface area contributed by atoms with E-state index in [0.29, 0.717) is 0 Å². The molecular weight excluding hydrogens is 624 g/mol. The zero-order valence-corrected chi connectivity index (χ0v) is 26.2. The third kappa shape index (κ3) is 8.63. The lowest BCUT2D eigenvalue weighted by Crippen LogP contribution is -2.54. The number of carbonyl (C=O) groups is 7. The monoisotopic (exact) mass is 656 g/mol. The van der Waals surface area contributed by atoms with E-state index in [4.69, 9.17) is 4.74 Å². The van der Waals surface area contributed by atoms with Crippen molar-refractivity contribution in [2.75, 3.05) is 18.5 Å². The van der Waals surface area contributed by atoms with Crippen molar-refractivity contribution in [2.24, 2.45) is 0 Å². The molecule has 2 aromatic rings. The summed E-state index contributed by atoms with van der Waals surface area (Å²) in [5, 5.41) is 13.6. The third-order valence-corrected chi connectivity index (χ3v) is 10.3. The summed E-state index contributed by atoms with van der Waals surface area (Å²) in [6.07, 6.45) is -0.736. The number of fused-ring (bicyclic) bond motifs is 1. The lowest BCUT2D eigenvalue weighted by atomic mass is 10.0. The molecule has 15 heteroatoms. The first-order valence-corrected chi connectivity index (χ1v) is 16.4. The van der Waals surface area contributed by atoms with Crippen LogP contribution < -0.4 is 10.6 Å². The molecule has 3 atom stereocenters. The number of aliphatic carboxylic acids is 1. The molecule has 0 bridgehead atoms. The molecule has 2 aliphatic rings. The van der Waals surface area contributed by atoms with Gasteiger partial charge in [0.15, 0.2) is 0 Å². The number of carbonyl (C=O) groups excluding carboxylic acids is 6. The number of piperidine rings is 1. The molecule has 3 N–H and O–H groups in total. The van der Waals surface area contributed by atoms with Gasteiger partial charge < -0.3 is 14.7 Å². The van der Waals surface area contributed by atoms with Crippen LogP contribution in [0.25, 0.3) is 0 Å². The van der Waals surface area contributed by atoms with Gasteiger partial charge in [-0.2, -0.15) is 0 Å². The molecule has 1 saturated heterocycles. The molecule has 4 rings (SSSR count). The average molecular weight is 657 g/mol. The van der Waals surface area contributed by atoms with Gasteiger partial charge >= 0.3 is 12.1 Å². The van der Waals surface area contributed by atoms with Crippen LogP contribution >= 0.6 is 21.6 Å². The summed E-state index contributed by atoms with van der Waals surface area (Å²) in [5.41, 5.74) is 0.838. The maximum Gasteiger partial charge on any atom is 0.411 e. The Hall–Kier alpha value is -4.37. The number of nitrogens with one attached hydrogen (secondary N) is 2. The summed E-state index contributed by atoms with van der Waals surface area (Å²) in [6.45, 7) is 3.45. The number of benzene rings is 2. The number of hydrogen-bond donors (Lipinski definition) is 3. The largest absolute Gasteiger partial charge is 0.480 e. The van der Waals surface area contributed by atoms with E-state index >= 15 is 0 Å². The second kappa shape index (κ2) is 15.1. The van der Waals surface area contributed by atoms with Crippen molar-refractivity contribution in [3.63, 3.8) is 0 Å². The van der Waals surface area contributed by atoms with E-state index in [-0.39, 0.29) is 65.6 Å². The molecule has 0 aliphatic carbocycles. The van der Waals surface area contributed by atoms with E-state index in [0.717, 1.165) is 10.5 Å². The summed E-state index contributed by atoms with van der Waals surface area (Å²) >= 11 is 0. The minimum absolute atomic E-state index is 0.00634. The third-order valence-electron chi connectivity index (χ3n) is 6.90. The molecule has 0 saturated carbocycles. The second-order valence-corrected chi connectivity index (χ2v) is 13.7. The van der Waals surface area contributed by atoms with Crippen molar-refractivity contribution in [3.05, 3.63) is 65.2 Å². The van der Waals surface area contributed by atoms with Crippen molar-refractivity contribution < 1.29 is 43.4 Å². The summed E-state index contributed by atoms with van der Waals surface area (Å²) < 4.78 is 5.33. The predicted octanol–water partition coefficient (Wildman–Crippen LogP) is 3.30. The van der Waals surface area contributed by atoms with Gasteiger partial charge in [0, 0.05) is 29.9 Å². The molecule has 0 radical (unpaired) electrons. The topological polar surface area (TPSA) is 179 Å². The first kappa shape index (κ1) is 33.5. The number of carboxylic acid groups (broad SMARTS) is 1. The molecule has 0 spiro atoms. The number of ether oxygens (including phenoxy) is 1. The van der Waals surface area contributed by atoms with Crippen LogP contribution in [0.4, 0.5) is 10.5 Å². The number of carboxylic acids is 1. The van der Waals surface area contributed by atoms with Crippen LogP contribution in [0.1, 0.15) is 59.4 Å². The van der Waals surface area contributed by atoms with Gasteiger partial charge in [0.1, 0.15) is 19.2 Å². The fourth-order valence-corrected chi connectivity index (χ4v) is 7.01. The highest BCUT2D eigenvalue weighted by Crippen LogP contribution is 2.34. The summed E-state index contributed by atoms with van der Waals surface area (Å²) in [6, 6.07) is 12.4. The Balaban J connectivity index is 1.26. The van der Waals surface area contributed by atoms with Crippen molar-refractivity contribution in [3.8, 4) is 0 Å². The number of nitrogens with zero attached hydrogens (tertiary/aromatic N) is 2. The molecule has 13 nitrogen and oxygen atoms in total. The number of anilines is 1. The highest BCUT2D eigenvalue weighted by molar-refractivity contribution is 8.77. The van der Waals surface area contributed by atoms with Crippen molar-refractivity contribution in [1.29, 1.82) is 0 Å². The molecule has 2 aliphatic heterocycles. The van der Waals surface area contributed by atoms with Crippen LogP contribution in [-0.4, -0.2) is 86.2 Å². The second-order valence-electron chi connectivity index (χ2n) is 10.5. The van der Waals surface area contributed by atoms with E-state index in [1.807, 2.05) is 44.2 Å². The summed E-state index contributed by atoms with van der Waals surface area (Å²) in [7, 11) is 2.81. The maximum absolute atomic E-state index is 13.2. The van der Waals surface area contributed by atoms with Crippen LogP contribution in [-0.2, 0) is 30.5 Å². The molecule has 6 amide bonds. The lowest BCUT2D eigenvalue weighted by Gasteiger charge is -2.27. The van der Waals surface area contributed by atoms with Gasteiger partial charge in [-0.15, -0.1) is 0 Å². The molecule has 0 aromatic heterocycles. The number of imide groups is 2. The minimum Gasteiger partial charge on any atom is -0.480 e. The molecule has 2 aromatic carbocycles. The number of hydrogen-bond acceptors (Lipinski definition) is 10. The van der Waals surface area contributed by atoms with E-state index in [1.54, 1.807) is 0 Å². The van der Waals surface area contributed by atoms with Gasteiger partial charge in [0.05, 0.1) is 16.8 Å². The standard InChI is InChI=1S/C30H32N4O9S2/c1-17(13-24(36)33(15-25(37)38)14-19-7-4-3-5-8-19)44-45-18(2)16-43-30(42)31-21-10-6-9-20-26(21)29(41)34(28(20)40)22-11-12-23(35)32-27(22)39/h3-10,17-18,22H,11-16H2,1-2H3,(H,31,42)(H,37,38)(H,32,35,39)/t17-,18+,22?/m1/s1. The van der Waals surface area contributed by atoms with Crippen molar-refractivity contribution >= 4 is 68.9 Å². The minimum atomic E-state index is -1.13. The van der Waals surface area contributed by atoms with Gasteiger partial charge in [0.2, 0.25) is 17.7 Å². The normalized spacial score (nSPS) is 17.3. The highest BCUT2D eigenvalue weighted by atomic mass is 33.1. The highest BCUT2D eigenvalue weighted by Gasteiger charge is 2.45. The Morgan fingerprint density at radius 3 is 2.42 bits per heavy atom. The zero-order valence-electron chi connectivity index (χ0n) is 24.5. The summed E-state index contributed by atoms with van der Waals surface area (Å²) in [4.78, 5) is 88.9. The smallest absolute Gasteiger partial charge is 0.411 e. The van der Waals surface area contributed by atoms with Crippen molar-refractivity contribution in [2.45, 2.75) is 56.2 Å². The van der Waals surface area contributed by atoms with E-state index in [9.17, 15) is 38.7 Å². The van der Waals surface area contributed by atoms with Gasteiger partial charge in [-0.25, -0.2) is 4.79 Å². The van der Waals surface area contributed by atoms with Crippen LogP contribution in [0.15, 0.2) is 48.5 Å². The first-order valence-electron chi connectivity index (χ1n) is 14.1. The molecule has 2 heterocycles. The summed E-state index contributed by atoms with van der Waals surface area (Å²) in [5.74, 6) is -4.04. The van der Waals surface area contributed by atoms with Gasteiger partial charge in [-0.05, 0) is 31.0 Å². The van der Waals surface area contributed by atoms with E-state index in [1.165, 1.54) is 44.7 Å². The molecule has 1 unspecified atom stereocenters. The Kier molecular flexibility index (Phi) is 11.2. The number of amides is 6. The lowest BCUT2D eigenvalue weighted by molar-refractivity contribution is -0.144. The van der Waals surface area contributed by atoms with Gasteiger partial charge in [0.25, 0.3) is 11.8 Å².